The number of likely N-dealkylation sites (tertiary alicyclic amines) is 1. The van der Waals surface area contributed by atoms with Crippen molar-refractivity contribution in [2.45, 2.75) is 37.5 Å². The van der Waals surface area contributed by atoms with Crippen LogP contribution < -0.4 is 5.73 Å². The number of fused-ring (bicyclic) bond motifs is 3. The Morgan fingerprint density at radius 3 is 2.44 bits per heavy atom. The molecule has 6 nitrogen and oxygen atoms in total. The molecule has 2 aromatic carbocycles. The highest BCUT2D eigenvalue weighted by Gasteiger charge is 2.18. The number of para-hydroxylation sites is 1. The first-order valence-electron chi connectivity index (χ1n) is 11.1. The highest BCUT2D eigenvalue weighted by atomic mass is 32.2. The lowest BCUT2D eigenvalue weighted by Gasteiger charge is -2.15. The van der Waals surface area contributed by atoms with Crippen molar-refractivity contribution >= 4 is 39.5 Å². The van der Waals surface area contributed by atoms with Crippen molar-refractivity contribution in [3.63, 3.8) is 0 Å². The summed E-state index contributed by atoms with van der Waals surface area (Å²) in [5.74, 6) is 1.14. The number of nitrogens with two attached hydrogens (primary N) is 1. The van der Waals surface area contributed by atoms with Gasteiger partial charge in [0.1, 0.15) is 5.52 Å². The standard InChI is InChI=1S/C25H26N6S/c26-12-5-15-32-25-29-22-23(20-6-1-2-7-21(20)28-24(22)27)31(25)17-19-10-8-18(9-11-19)16-30-13-3-4-14-30/h1-2,6-11H,3-5,13-17H2,(H2,27,28). The number of thioether (sulfide) groups is 1. The molecule has 0 saturated carbocycles. The van der Waals surface area contributed by atoms with E-state index in [9.17, 15) is 0 Å². The Bertz CT molecular complexity index is 1280. The van der Waals surface area contributed by atoms with E-state index in [-0.39, 0.29) is 0 Å². The van der Waals surface area contributed by atoms with Crippen LogP contribution in [0.15, 0.2) is 53.7 Å². The zero-order chi connectivity index (χ0) is 21.9. The van der Waals surface area contributed by atoms with Crippen molar-refractivity contribution < 1.29 is 0 Å². The van der Waals surface area contributed by atoms with Crippen LogP contribution in [0.3, 0.4) is 0 Å². The Morgan fingerprint density at radius 2 is 1.69 bits per heavy atom. The number of imidazole rings is 1. The van der Waals surface area contributed by atoms with Crippen molar-refractivity contribution in [1.29, 1.82) is 5.26 Å². The monoisotopic (exact) mass is 442 g/mol. The molecule has 1 aliphatic rings. The van der Waals surface area contributed by atoms with Gasteiger partial charge in [-0.2, -0.15) is 5.26 Å². The van der Waals surface area contributed by atoms with Crippen LogP contribution in [-0.4, -0.2) is 38.3 Å². The molecule has 7 heteroatoms. The molecule has 1 aliphatic heterocycles. The number of nitrogens with zero attached hydrogens (tertiary/aromatic N) is 5. The van der Waals surface area contributed by atoms with Gasteiger partial charge in [0.05, 0.1) is 23.6 Å². The van der Waals surface area contributed by atoms with Crippen molar-refractivity contribution in [2.75, 3.05) is 24.6 Å². The first kappa shape index (κ1) is 20.8. The molecule has 3 heterocycles. The molecule has 4 aromatic rings. The molecule has 2 N–H and O–H groups in total. The van der Waals surface area contributed by atoms with Crippen molar-refractivity contribution in [2.24, 2.45) is 0 Å². The maximum Gasteiger partial charge on any atom is 0.169 e. The number of nitrogen functional groups attached to an aromatic ring is 1. The Morgan fingerprint density at radius 1 is 0.969 bits per heavy atom. The number of aromatic nitrogens is 3. The maximum absolute atomic E-state index is 8.98. The Balaban J connectivity index is 1.52. The first-order valence-corrected chi connectivity index (χ1v) is 12.1. The second-order valence-corrected chi connectivity index (χ2v) is 9.31. The molecule has 2 aromatic heterocycles. The van der Waals surface area contributed by atoms with Gasteiger partial charge in [0.25, 0.3) is 0 Å². The van der Waals surface area contributed by atoms with Crippen LogP contribution in [0.25, 0.3) is 21.9 Å². The number of rotatable bonds is 7. The summed E-state index contributed by atoms with van der Waals surface area (Å²) in [5.41, 5.74) is 11.5. The fourth-order valence-electron chi connectivity index (χ4n) is 4.41. The van der Waals surface area contributed by atoms with Gasteiger partial charge in [0, 0.05) is 24.1 Å². The molecule has 0 amide bonds. The molecular formula is C25H26N6S. The number of hydrogen-bond acceptors (Lipinski definition) is 6. The van der Waals surface area contributed by atoms with Crippen LogP contribution in [0.2, 0.25) is 0 Å². The van der Waals surface area contributed by atoms with Crippen molar-refractivity contribution in [1.82, 2.24) is 19.4 Å². The lowest BCUT2D eigenvalue weighted by atomic mass is 10.1. The van der Waals surface area contributed by atoms with Gasteiger partial charge in [0.2, 0.25) is 0 Å². The largest absolute Gasteiger partial charge is 0.382 e. The zero-order valence-electron chi connectivity index (χ0n) is 18.0. The molecule has 0 atom stereocenters. The second kappa shape index (κ2) is 9.19. The molecule has 0 aliphatic carbocycles. The number of hydrogen-bond donors (Lipinski definition) is 1. The van der Waals surface area contributed by atoms with E-state index < -0.39 is 0 Å². The maximum atomic E-state index is 8.98. The van der Waals surface area contributed by atoms with Crippen LogP contribution in [0, 0.1) is 11.3 Å². The van der Waals surface area contributed by atoms with Crippen molar-refractivity contribution in [3.05, 3.63) is 59.7 Å². The van der Waals surface area contributed by atoms with Crippen LogP contribution in [0.1, 0.15) is 30.4 Å². The summed E-state index contributed by atoms with van der Waals surface area (Å²) in [5, 5.41) is 10.9. The average molecular weight is 443 g/mol. The highest BCUT2D eigenvalue weighted by molar-refractivity contribution is 7.99. The van der Waals surface area contributed by atoms with Crippen LogP contribution >= 0.6 is 11.8 Å². The molecule has 0 radical (unpaired) electrons. The highest BCUT2D eigenvalue weighted by Crippen LogP contribution is 2.33. The minimum atomic E-state index is 0.445. The van der Waals surface area contributed by atoms with Gasteiger partial charge >= 0.3 is 0 Å². The van der Waals surface area contributed by atoms with E-state index in [1.165, 1.54) is 37.1 Å². The molecule has 0 unspecified atom stereocenters. The summed E-state index contributed by atoms with van der Waals surface area (Å²) in [6.45, 7) is 4.13. The van der Waals surface area contributed by atoms with Crippen LogP contribution in [-0.2, 0) is 13.1 Å². The number of nitriles is 1. The minimum absolute atomic E-state index is 0.445. The predicted octanol–water partition coefficient (Wildman–Crippen LogP) is 4.82. The zero-order valence-corrected chi connectivity index (χ0v) is 18.8. The van der Waals surface area contributed by atoms with Gasteiger partial charge in [-0.15, -0.1) is 0 Å². The van der Waals surface area contributed by atoms with E-state index >= 15 is 0 Å². The summed E-state index contributed by atoms with van der Waals surface area (Å²) >= 11 is 1.60. The third-order valence-electron chi connectivity index (χ3n) is 5.99. The predicted molar refractivity (Wildman–Crippen MR) is 130 cm³/mol. The van der Waals surface area contributed by atoms with E-state index in [1.807, 2.05) is 18.2 Å². The number of benzene rings is 2. The quantitative estimate of drug-likeness (QED) is 0.326. The van der Waals surface area contributed by atoms with E-state index in [0.717, 1.165) is 33.6 Å². The molecule has 32 heavy (non-hydrogen) atoms. The Labute approximate surface area is 192 Å². The van der Waals surface area contributed by atoms with Crippen molar-refractivity contribution in [3.8, 4) is 6.07 Å². The Kier molecular flexibility index (Phi) is 5.97. The topological polar surface area (TPSA) is 83.8 Å². The first-order chi connectivity index (χ1) is 15.7. The normalized spacial score (nSPS) is 14.3. The third-order valence-corrected chi connectivity index (χ3v) is 6.97. The minimum Gasteiger partial charge on any atom is -0.382 e. The van der Waals surface area contributed by atoms with E-state index in [0.29, 0.717) is 24.5 Å². The van der Waals surface area contributed by atoms with Crippen LogP contribution in [0.5, 0.6) is 0 Å². The third kappa shape index (κ3) is 4.16. The number of pyridine rings is 1. The van der Waals surface area contributed by atoms with Gasteiger partial charge < -0.3 is 10.3 Å². The average Bonchev–Trinajstić information content (AvgIpc) is 3.44. The summed E-state index contributed by atoms with van der Waals surface area (Å²) in [6, 6.07) is 19.2. The smallest absolute Gasteiger partial charge is 0.169 e. The second-order valence-electron chi connectivity index (χ2n) is 8.25. The summed E-state index contributed by atoms with van der Waals surface area (Å²) in [4.78, 5) is 11.9. The number of anilines is 1. The van der Waals surface area contributed by atoms with Crippen LogP contribution in [0.4, 0.5) is 5.82 Å². The van der Waals surface area contributed by atoms with Gasteiger partial charge in [-0.1, -0.05) is 54.2 Å². The molecule has 5 rings (SSSR count). The molecule has 0 spiro atoms. The fraction of sp³-hybridized carbons (Fsp3) is 0.320. The molecule has 162 valence electrons. The van der Waals surface area contributed by atoms with E-state index in [2.05, 4.69) is 50.9 Å². The fourth-order valence-corrected chi connectivity index (χ4v) is 5.26. The molecule has 1 fully saturated rings. The van der Waals surface area contributed by atoms with Gasteiger partial charge in [-0.25, -0.2) is 9.97 Å². The van der Waals surface area contributed by atoms with E-state index in [1.54, 1.807) is 11.8 Å². The lowest BCUT2D eigenvalue weighted by Crippen LogP contribution is -2.18. The summed E-state index contributed by atoms with van der Waals surface area (Å²) < 4.78 is 2.23. The summed E-state index contributed by atoms with van der Waals surface area (Å²) in [7, 11) is 0. The molecule has 1 saturated heterocycles. The SMILES string of the molecule is N#CCCSc1nc2c(N)nc3ccccc3c2n1Cc1ccc(CN2CCCC2)cc1. The van der Waals surface area contributed by atoms with Gasteiger partial charge in [-0.3, -0.25) is 4.90 Å². The molecule has 0 bridgehead atoms. The van der Waals surface area contributed by atoms with Gasteiger partial charge in [-0.05, 0) is 43.1 Å². The molecular weight excluding hydrogens is 416 g/mol. The van der Waals surface area contributed by atoms with E-state index in [4.69, 9.17) is 16.0 Å². The lowest BCUT2D eigenvalue weighted by molar-refractivity contribution is 0.331. The Hall–Kier alpha value is -3.08. The summed E-state index contributed by atoms with van der Waals surface area (Å²) in [6.07, 6.45) is 3.10. The van der Waals surface area contributed by atoms with Gasteiger partial charge in [0.15, 0.2) is 11.0 Å².